The summed E-state index contributed by atoms with van der Waals surface area (Å²) in [5.41, 5.74) is 2.35. The first kappa shape index (κ1) is 24.6. The summed E-state index contributed by atoms with van der Waals surface area (Å²) < 4.78 is 11.5. The van der Waals surface area contributed by atoms with Crippen LogP contribution >= 0.6 is 0 Å². The molecule has 0 saturated carbocycles. The highest BCUT2D eigenvalue weighted by Gasteiger charge is 2.32. The summed E-state index contributed by atoms with van der Waals surface area (Å²) in [6.07, 6.45) is -0.844. The van der Waals surface area contributed by atoms with E-state index in [4.69, 9.17) is 14.6 Å². The molecule has 186 valence electrons. The number of ether oxygens (including phenoxy) is 2. The van der Waals surface area contributed by atoms with E-state index in [1.165, 1.54) is 0 Å². The third kappa shape index (κ3) is 6.12. The molecule has 0 aliphatic carbocycles. The topological polar surface area (TPSA) is 125 Å². The molecule has 1 unspecified atom stereocenters. The molecule has 3 aromatic rings. The number of carbonyl (C=O) groups is 3. The first-order valence-electron chi connectivity index (χ1n) is 11.5. The van der Waals surface area contributed by atoms with Gasteiger partial charge < -0.3 is 29.9 Å². The number of nitrogens with zero attached hydrogens (tertiary/aromatic N) is 1. The second-order valence-electron chi connectivity index (χ2n) is 8.29. The number of nitrogens with one attached hydrogen (secondary N) is 1. The predicted octanol–water partition coefficient (Wildman–Crippen LogP) is 4.03. The lowest BCUT2D eigenvalue weighted by atomic mass is 10.1. The normalized spacial score (nSPS) is 14.3. The van der Waals surface area contributed by atoms with Crippen molar-refractivity contribution in [3.8, 4) is 11.5 Å². The second-order valence-corrected chi connectivity index (χ2v) is 8.29. The number of anilines is 2. The molecule has 1 aliphatic heterocycles. The van der Waals surface area contributed by atoms with Gasteiger partial charge >= 0.3 is 11.9 Å². The SMILES string of the molecule is O=C(O)CCCN1CC(C(=O)O)Oc2c(NC(=O)c3ccc(OCc4ccccc4)cc3)cccc21. The van der Waals surface area contributed by atoms with E-state index in [2.05, 4.69) is 5.32 Å². The summed E-state index contributed by atoms with van der Waals surface area (Å²) in [7, 11) is 0. The zero-order valence-corrected chi connectivity index (χ0v) is 19.4. The fraction of sp³-hybridized carbons (Fsp3) is 0.222. The number of carboxylic acids is 2. The number of benzene rings is 3. The summed E-state index contributed by atoms with van der Waals surface area (Å²) in [5.74, 6) is -1.59. The Morgan fingerprint density at radius 2 is 1.72 bits per heavy atom. The molecule has 4 rings (SSSR count). The zero-order chi connectivity index (χ0) is 25.5. The molecule has 36 heavy (non-hydrogen) atoms. The molecule has 9 nitrogen and oxygen atoms in total. The summed E-state index contributed by atoms with van der Waals surface area (Å²) >= 11 is 0. The number of fused-ring (bicyclic) bond motifs is 1. The van der Waals surface area contributed by atoms with Crippen molar-refractivity contribution in [1.29, 1.82) is 0 Å². The standard InChI is InChI=1S/C27H26N2O7/c30-24(31)10-5-15-29-16-23(27(33)34)36-25-21(8-4-9-22(25)29)28-26(32)19-11-13-20(14-12-19)35-17-18-6-2-1-3-7-18/h1-4,6-9,11-14,23H,5,10,15-17H2,(H,28,32)(H,30,31)(H,33,34). The molecule has 1 atom stereocenters. The average Bonchev–Trinajstić information content (AvgIpc) is 2.88. The molecule has 0 saturated heterocycles. The van der Waals surface area contributed by atoms with Crippen molar-refractivity contribution < 1.29 is 34.1 Å². The van der Waals surface area contributed by atoms with Gasteiger partial charge in [-0.25, -0.2) is 4.79 Å². The van der Waals surface area contributed by atoms with Gasteiger partial charge in [0.25, 0.3) is 5.91 Å². The molecule has 0 radical (unpaired) electrons. The maximum Gasteiger partial charge on any atom is 0.346 e. The van der Waals surface area contributed by atoms with Crippen molar-refractivity contribution in [2.75, 3.05) is 23.3 Å². The first-order chi connectivity index (χ1) is 17.4. The molecule has 0 spiro atoms. The van der Waals surface area contributed by atoms with E-state index in [1.54, 1.807) is 47.4 Å². The van der Waals surface area contributed by atoms with E-state index in [9.17, 15) is 19.5 Å². The Labute approximate surface area is 207 Å². The van der Waals surface area contributed by atoms with Crippen LogP contribution in [0.2, 0.25) is 0 Å². The van der Waals surface area contributed by atoms with Gasteiger partial charge in [0.15, 0.2) is 5.75 Å². The van der Waals surface area contributed by atoms with Crippen LogP contribution in [0.4, 0.5) is 11.4 Å². The van der Waals surface area contributed by atoms with Gasteiger partial charge in [0.1, 0.15) is 12.4 Å². The maximum atomic E-state index is 12.9. The zero-order valence-electron chi connectivity index (χ0n) is 19.4. The Bertz CT molecular complexity index is 1230. The Morgan fingerprint density at radius 3 is 2.42 bits per heavy atom. The Balaban J connectivity index is 1.46. The fourth-order valence-corrected chi connectivity index (χ4v) is 3.87. The average molecular weight is 491 g/mol. The number of aliphatic carboxylic acids is 2. The third-order valence-corrected chi connectivity index (χ3v) is 5.69. The van der Waals surface area contributed by atoms with Crippen LogP contribution in [-0.4, -0.2) is 47.3 Å². The van der Waals surface area contributed by atoms with Crippen LogP contribution in [0, 0.1) is 0 Å². The van der Waals surface area contributed by atoms with Crippen molar-refractivity contribution in [2.24, 2.45) is 0 Å². The minimum absolute atomic E-state index is 0.0358. The molecular weight excluding hydrogens is 464 g/mol. The van der Waals surface area contributed by atoms with E-state index in [0.29, 0.717) is 42.3 Å². The molecule has 0 fully saturated rings. The van der Waals surface area contributed by atoms with Crippen molar-refractivity contribution in [2.45, 2.75) is 25.6 Å². The Hall–Kier alpha value is -4.53. The van der Waals surface area contributed by atoms with E-state index < -0.39 is 23.9 Å². The molecule has 1 amide bonds. The smallest absolute Gasteiger partial charge is 0.346 e. The fourth-order valence-electron chi connectivity index (χ4n) is 3.87. The number of hydrogen-bond acceptors (Lipinski definition) is 6. The maximum absolute atomic E-state index is 12.9. The number of rotatable bonds is 10. The van der Waals surface area contributed by atoms with E-state index in [-0.39, 0.29) is 18.7 Å². The highest BCUT2D eigenvalue weighted by Crippen LogP contribution is 2.40. The number of carbonyl (C=O) groups excluding carboxylic acids is 1. The highest BCUT2D eigenvalue weighted by atomic mass is 16.5. The molecule has 0 aromatic heterocycles. The molecule has 3 N–H and O–H groups in total. The summed E-state index contributed by atoms with van der Waals surface area (Å²) in [5, 5.41) is 21.3. The van der Waals surface area contributed by atoms with E-state index in [0.717, 1.165) is 5.56 Å². The van der Waals surface area contributed by atoms with E-state index in [1.807, 2.05) is 30.3 Å². The van der Waals surface area contributed by atoms with Gasteiger partial charge in [-0.05, 0) is 48.4 Å². The summed E-state index contributed by atoms with van der Waals surface area (Å²) in [6, 6.07) is 21.6. The van der Waals surface area contributed by atoms with Gasteiger partial charge in [0.05, 0.1) is 17.9 Å². The Morgan fingerprint density at radius 1 is 0.972 bits per heavy atom. The third-order valence-electron chi connectivity index (χ3n) is 5.69. The number of amides is 1. The molecule has 0 bridgehead atoms. The lowest BCUT2D eigenvalue weighted by Crippen LogP contribution is -2.45. The molecular formula is C27H26N2O7. The number of para-hydroxylation sites is 1. The van der Waals surface area contributed by atoms with Crippen molar-refractivity contribution in [3.63, 3.8) is 0 Å². The van der Waals surface area contributed by atoms with Crippen LogP contribution in [0.25, 0.3) is 0 Å². The van der Waals surface area contributed by atoms with E-state index >= 15 is 0 Å². The predicted molar refractivity (Wildman–Crippen MR) is 133 cm³/mol. The van der Waals surface area contributed by atoms with Gasteiger partial charge in [-0.3, -0.25) is 9.59 Å². The monoisotopic (exact) mass is 490 g/mol. The van der Waals surface area contributed by atoms with Crippen molar-refractivity contribution >= 4 is 29.2 Å². The van der Waals surface area contributed by atoms with Crippen LogP contribution in [0.3, 0.4) is 0 Å². The minimum atomic E-state index is -1.15. The summed E-state index contributed by atoms with van der Waals surface area (Å²) in [4.78, 5) is 37.3. The lowest BCUT2D eigenvalue weighted by Gasteiger charge is -2.35. The van der Waals surface area contributed by atoms with Crippen LogP contribution in [0.5, 0.6) is 11.5 Å². The Kier molecular flexibility index (Phi) is 7.69. The van der Waals surface area contributed by atoms with Crippen LogP contribution < -0.4 is 19.7 Å². The quantitative estimate of drug-likeness (QED) is 0.389. The largest absolute Gasteiger partial charge is 0.489 e. The van der Waals surface area contributed by atoms with Crippen molar-refractivity contribution in [1.82, 2.24) is 0 Å². The molecule has 3 aromatic carbocycles. The minimum Gasteiger partial charge on any atom is -0.489 e. The lowest BCUT2D eigenvalue weighted by molar-refractivity contribution is -0.145. The van der Waals surface area contributed by atoms with Crippen LogP contribution in [-0.2, 0) is 16.2 Å². The molecule has 9 heteroatoms. The first-order valence-corrected chi connectivity index (χ1v) is 11.5. The van der Waals surface area contributed by atoms with Gasteiger partial charge in [0, 0.05) is 18.5 Å². The van der Waals surface area contributed by atoms with Gasteiger partial charge in [-0.1, -0.05) is 36.4 Å². The van der Waals surface area contributed by atoms with Crippen molar-refractivity contribution in [3.05, 3.63) is 83.9 Å². The number of carboxylic acid groups (broad SMARTS) is 2. The highest BCUT2D eigenvalue weighted by molar-refractivity contribution is 6.05. The second kappa shape index (κ2) is 11.3. The summed E-state index contributed by atoms with van der Waals surface area (Å²) in [6.45, 7) is 0.825. The van der Waals surface area contributed by atoms with Gasteiger partial charge in [-0.2, -0.15) is 0 Å². The van der Waals surface area contributed by atoms with Gasteiger partial charge in [0.2, 0.25) is 6.10 Å². The molecule has 1 heterocycles. The van der Waals surface area contributed by atoms with Crippen LogP contribution in [0.15, 0.2) is 72.8 Å². The molecule has 1 aliphatic rings. The van der Waals surface area contributed by atoms with Crippen LogP contribution in [0.1, 0.15) is 28.8 Å². The van der Waals surface area contributed by atoms with Gasteiger partial charge in [-0.15, -0.1) is 0 Å². The number of hydrogen-bond donors (Lipinski definition) is 3.